The summed E-state index contributed by atoms with van der Waals surface area (Å²) in [5, 5.41) is 6.12. The van der Waals surface area contributed by atoms with E-state index in [1.165, 1.54) is 0 Å². The minimum Gasteiger partial charge on any atom is -0.355 e. The van der Waals surface area contributed by atoms with Crippen molar-refractivity contribution in [2.75, 3.05) is 19.6 Å². The number of aromatic nitrogens is 2. The molecular formula is C10H16N4O. The van der Waals surface area contributed by atoms with Crippen LogP contribution < -0.4 is 10.6 Å². The Kier molecular flexibility index (Phi) is 3.34. The number of nitrogens with zero attached hydrogens (tertiary/aromatic N) is 1. The molecule has 1 fully saturated rings. The molecule has 1 aliphatic rings. The van der Waals surface area contributed by atoms with Gasteiger partial charge in [-0.1, -0.05) is 0 Å². The number of carbonyl (C=O) groups is 1. The van der Waals surface area contributed by atoms with Gasteiger partial charge in [0.05, 0.1) is 12.2 Å². The van der Waals surface area contributed by atoms with Gasteiger partial charge in [-0.15, -0.1) is 0 Å². The van der Waals surface area contributed by atoms with Gasteiger partial charge in [0.15, 0.2) is 0 Å². The Morgan fingerprint density at radius 3 is 3.27 bits per heavy atom. The number of carbonyl (C=O) groups excluding carboxylic acids is 1. The number of nitrogens with one attached hydrogen (secondary N) is 3. The largest absolute Gasteiger partial charge is 0.355 e. The molecule has 5 nitrogen and oxygen atoms in total. The molecular weight excluding hydrogens is 192 g/mol. The number of hydrogen-bond acceptors (Lipinski definition) is 3. The molecule has 2 heterocycles. The second kappa shape index (κ2) is 4.93. The van der Waals surface area contributed by atoms with Crippen LogP contribution in [-0.2, 0) is 11.2 Å². The molecule has 2 rings (SSSR count). The second-order valence-electron chi connectivity index (χ2n) is 3.81. The van der Waals surface area contributed by atoms with Crippen molar-refractivity contribution in [2.24, 2.45) is 5.92 Å². The van der Waals surface area contributed by atoms with E-state index in [1.54, 1.807) is 12.5 Å². The van der Waals surface area contributed by atoms with Crippen LogP contribution in [0, 0.1) is 5.92 Å². The maximum Gasteiger partial charge on any atom is 0.224 e. The monoisotopic (exact) mass is 208 g/mol. The molecule has 1 aliphatic heterocycles. The molecule has 5 heteroatoms. The Hall–Kier alpha value is -1.36. The van der Waals surface area contributed by atoms with Gasteiger partial charge in [0.2, 0.25) is 5.91 Å². The van der Waals surface area contributed by atoms with Gasteiger partial charge >= 0.3 is 0 Å². The average molecular weight is 208 g/mol. The fourth-order valence-corrected chi connectivity index (χ4v) is 1.76. The predicted molar refractivity (Wildman–Crippen MR) is 56.3 cm³/mol. The lowest BCUT2D eigenvalue weighted by molar-refractivity contribution is -0.124. The molecule has 15 heavy (non-hydrogen) atoms. The summed E-state index contributed by atoms with van der Waals surface area (Å²) in [4.78, 5) is 18.5. The van der Waals surface area contributed by atoms with Crippen molar-refractivity contribution in [1.82, 2.24) is 20.6 Å². The molecule has 82 valence electrons. The van der Waals surface area contributed by atoms with Crippen molar-refractivity contribution < 1.29 is 4.79 Å². The van der Waals surface area contributed by atoms with Crippen LogP contribution in [-0.4, -0.2) is 35.5 Å². The fraction of sp³-hybridized carbons (Fsp3) is 0.600. The first-order valence-electron chi connectivity index (χ1n) is 5.32. The minimum atomic E-state index is 0.159. The predicted octanol–water partition coefficient (Wildman–Crippen LogP) is -0.322. The Balaban J connectivity index is 1.67. The highest BCUT2D eigenvalue weighted by molar-refractivity contribution is 5.79. The maximum atomic E-state index is 11.6. The lowest BCUT2D eigenvalue weighted by Gasteiger charge is -2.08. The average Bonchev–Trinajstić information content (AvgIpc) is 2.90. The highest BCUT2D eigenvalue weighted by Gasteiger charge is 2.21. The number of aromatic amines is 1. The zero-order valence-electron chi connectivity index (χ0n) is 8.62. The highest BCUT2D eigenvalue weighted by Crippen LogP contribution is 2.06. The first-order chi connectivity index (χ1) is 7.36. The number of amides is 1. The number of H-pyrrole nitrogens is 1. The van der Waals surface area contributed by atoms with Crippen LogP contribution in [0.15, 0.2) is 12.5 Å². The molecule has 3 N–H and O–H groups in total. The molecule has 0 saturated carbocycles. The standard InChI is InChI=1S/C10H16N4O/c15-10(8-1-3-11-5-8)13-4-2-9-6-12-7-14-9/h6-8,11H,1-5H2,(H,12,14)(H,13,15). The highest BCUT2D eigenvalue weighted by atomic mass is 16.1. The van der Waals surface area contributed by atoms with Crippen LogP contribution in [0.4, 0.5) is 0 Å². The molecule has 0 bridgehead atoms. The van der Waals surface area contributed by atoms with Crippen molar-refractivity contribution in [3.63, 3.8) is 0 Å². The smallest absolute Gasteiger partial charge is 0.224 e. The summed E-state index contributed by atoms with van der Waals surface area (Å²) in [6.07, 6.45) is 5.20. The van der Waals surface area contributed by atoms with E-state index < -0.39 is 0 Å². The maximum absolute atomic E-state index is 11.6. The summed E-state index contributed by atoms with van der Waals surface area (Å²) < 4.78 is 0. The summed E-state index contributed by atoms with van der Waals surface area (Å²) in [6.45, 7) is 2.45. The van der Waals surface area contributed by atoms with Gasteiger partial charge in [-0.25, -0.2) is 4.98 Å². The summed E-state index contributed by atoms with van der Waals surface area (Å²) >= 11 is 0. The molecule has 0 radical (unpaired) electrons. The van der Waals surface area contributed by atoms with Crippen molar-refractivity contribution in [2.45, 2.75) is 12.8 Å². The van der Waals surface area contributed by atoms with Crippen LogP contribution in [0.25, 0.3) is 0 Å². The van der Waals surface area contributed by atoms with E-state index >= 15 is 0 Å². The van der Waals surface area contributed by atoms with Crippen molar-refractivity contribution in [1.29, 1.82) is 0 Å². The zero-order valence-corrected chi connectivity index (χ0v) is 8.62. The van der Waals surface area contributed by atoms with Crippen LogP contribution >= 0.6 is 0 Å². The molecule has 1 aromatic rings. The van der Waals surface area contributed by atoms with Gasteiger partial charge in [-0.3, -0.25) is 4.79 Å². The Bertz CT molecular complexity index is 303. The summed E-state index contributed by atoms with van der Waals surface area (Å²) in [6, 6.07) is 0. The van der Waals surface area contributed by atoms with E-state index in [2.05, 4.69) is 20.6 Å². The van der Waals surface area contributed by atoms with Crippen molar-refractivity contribution >= 4 is 5.91 Å². The summed E-state index contributed by atoms with van der Waals surface area (Å²) in [5.41, 5.74) is 1.06. The quantitative estimate of drug-likeness (QED) is 0.635. The first-order valence-corrected chi connectivity index (χ1v) is 5.32. The zero-order chi connectivity index (χ0) is 10.5. The van der Waals surface area contributed by atoms with Gasteiger partial charge in [0.1, 0.15) is 0 Å². The van der Waals surface area contributed by atoms with Gasteiger partial charge in [0.25, 0.3) is 0 Å². The molecule has 1 aromatic heterocycles. The lowest BCUT2D eigenvalue weighted by atomic mass is 10.1. The van der Waals surface area contributed by atoms with Crippen molar-refractivity contribution in [3.05, 3.63) is 18.2 Å². The van der Waals surface area contributed by atoms with E-state index in [-0.39, 0.29) is 11.8 Å². The van der Waals surface area contributed by atoms with E-state index in [1.807, 2.05) is 0 Å². The van der Waals surface area contributed by atoms with Gasteiger partial charge in [-0.05, 0) is 13.0 Å². The van der Waals surface area contributed by atoms with E-state index in [0.29, 0.717) is 6.54 Å². The van der Waals surface area contributed by atoms with Gasteiger partial charge in [0, 0.05) is 31.4 Å². The number of imidazole rings is 1. The molecule has 1 unspecified atom stereocenters. The Labute approximate surface area is 88.7 Å². The molecule has 0 aromatic carbocycles. The van der Waals surface area contributed by atoms with Crippen LogP contribution in [0.5, 0.6) is 0 Å². The summed E-state index contributed by atoms with van der Waals surface area (Å²) in [7, 11) is 0. The number of rotatable bonds is 4. The third kappa shape index (κ3) is 2.79. The van der Waals surface area contributed by atoms with Crippen LogP contribution in [0.1, 0.15) is 12.1 Å². The van der Waals surface area contributed by atoms with E-state index in [0.717, 1.165) is 31.6 Å². The molecule has 1 saturated heterocycles. The number of hydrogen-bond donors (Lipinski definition) is 3. The SMILES string of the molecule is O=C(NCCc1cnc[nH]1)C1CCNC1. The second-order valence-corrected chi connectivity index (χ2v) is 3.81. The minimum absolute atomic E-state index is 0.159. The Morgan fingerprint density at radius 1 is 1.67 bits per heavy atom. The van der Waals surface area contributed by atoms with Gasteiger partial charge < -0.3 is 15.6 Å². The molecule has 0 spiro atoms. The van der Waals surface area contributed by atoms with Gasteiger partial charge in [-0.2, -0.15) is 0 Å². The lowest BCUT2D eigenvalue weighted by Crippen LogP contribution is -2.33. The molecule has 1 atom stereocenters. The topological polar surface area (TPSA) is 69.8 Å². The third-order valence-electron chi connectivity index (χ3n) is 2.68. The normalized spacial score (nSPS) is 20.4. The van der Waals surface area contributed by atoms with Crippen molar-refractivity contribution in [3.8, 4) is 0 Å². The van der Waals surface area contributed by atoms with E-state index in [9.17, 15) is 4.79 Å². The summed E-state index contributed by atoms with van der Waals surface area (Å²) in [5.74, 6) is 0.325. The first kappa shape index (κ1) is 10.2. The fourth-order valence-electron chi connectivity index (χ4n) is 1.76. The van der Waals surface area contributed by atoms with Crippen LogP contribution in [0.2, 0.25) is 0 Å². The third-order valence-corrected chi connectivity index (χ3v) is 2.68. The molecule has 1 amide bonds. The Morgan fingerprint density at radius 2 is 2.60 bits per heavy atom. The van der Waals surface area contributed by atoms with E-state index in [4.69, 9.17) is 0 Å². The van der Waals surface area contributed by atoms with Crippen LogP contribution in [0.3, 0.4) is 0 Å². The molecule has 0 aliphatic carbocycles.